The van der Waals surface area contributed by atoms with E-state index in [0.29, 0.717) is 0 Å². The second-order valence-electron chi connectivity index (χ2n) is 7.13. The molecule has 0 aromatic carbocycles. The Balaban J connectivity index is 4.94. The van der Waals surface area contributed by atoms with Crippen molar-refractivity contribution in [2.75, 3.05) is 0 Å². The molecule has 15 heavy (non-hydrogen) atoms. The van der Waals surface area contributed by atoms with E-state index in [-0.39, 0.29) is 0 Å². The van der Waals surface area contributed by atoms with Crippen LogP contribution in [0.5, 0.6) is 0 Å². The first-order chi connectivity index (χ1) is 6.34. The van der Waals surface area contributed by atoms with E-state index in [4.69, 9.17) is 4.66 Å². The van der Waals surface area contributed by atoms with Crippen LogP contribution in [-0.4, -0.2) is 35.3 Å². The zero-order valence-electron chi connectivity index (χ0n) is 12.0. The van der Waals surface area contributed by atoms with Crippen LogP contribution in [0.3, 0.4) is 0 Å². The summed E-state index contributed by atoms with van der Waals surface area (Å²) in [6.45, 7) is 21.3. The molecule has 0 unspecified atom stereocenters. The third-order valence-electron chi connectivity index (χ3n) is 2.01. The van der Waals surface area contributed by atoms with Gasteiger partial charge >= 0.3 is 0 Å². The third-order valence-corrected chi connectivity index (χ3v) is 10.0. The normalized spacial score (nSPS) is 14.7. The molecular formula is C10H28N2Si3. The maximum absolute atomic E-state index is 4.80. The highest BCUT2D eigenvalue weighted by molar-refractivity contribution is 6.92. The number of nitrogens with zero attached hydrogens (tertiary/aromatic N) is 2. The van der Waals surface area contributed by atoms with Gasteiger partial charge in [0.2, 0.25) is 0 Å². The molecule has 0 heterocycles. The summed E-state index contributed by atoms with van der Waals surface area (Å²) in [6.07, 6.45) is 2.19. The first-order valence-corrected chi connectivity index (χ1v) is 16.0. The molecule has 0 saturated heterocycles. The van der Waals surface area contributed by atoms with Crippen molar-refractivity contribution in [2.45, 2.75) is 58.9 Å². The maximum Gasteiger partial charge on any atom is 0.174 e. The lowest BCUT2D eigenvalue weighted by Gasteiger charge is -2.42. The molecule has 0 aliphatic rings. The minimum Gasteiger partial charge on any atom is -0.417 e. The van der Waals surface area contributed by atoms with E-state index >= 15 is 0 Å². The molecule has 0 saturated carbocycles. The van der Waals surface area contributed by atoms with E-state index in [1.165, 1.54) is 0 Å². The van der Waals surface area contributed by atoms with Crippen molar-refractivity contribution in [1.82, 2.24) is 4.23 Å². The molecule has 0 aromatic rings. The minimum atomic E-state index is -1.31. The van der Waals surface area contributed by atoms with E-state index in [1.807, 2.05) is 0 Å². The molecule has 0 aliphatic carbocycles. The van der Waals surface area contributed by atoms with Crippen LogP contribution in [0.4, 0.5) is 0 Å². The Labute approximate surface area is 99.1 Å². The summed E-state index contributed by atoms with van der Waals surface area (Å²) < 4.78 is 7.42. The smallest absolute Gasteiger partial charge is 0.174 e. The van der Waals surface area contributed by atoms with Crippen LogP contribution < -0.4 is 0 Å². The molecule has 2 nitrogen and oxygen atoms in total. The van der Waals surface area contributed by atoms with Crippen molar-refractivity contribution < 1.29 is 0 Å². The topological polar surface area (TPSA) is 15.6 Å². The lowest BCUT2D eigenvalue weighted by Crippen LogP contribution is -2.58. The van der Waals surface area contributed by atoms with Crippen molar-refractivity contribution in [3.8, 4) is 0 Å². The van der Waals surface area contributed by atoms with Crippen molar-refractivity contribution in [3.05, 3.63) is 0 Å². The molecule has 90 valence electrons. The van der Waals surface area contributed by atoms with Gasteiger partial charge < -0.3 is 8.89 Å². The Kier molecular flexibility index (Phi) is 4.58. The van der Waals surface area contributed by atoms with Gasteiger partial charge in [-0.1, -0.05) is 39.3 Å². The zero-order valence-corrected chi connectivity index (χ0v) is 15.0. The molecule has 0 fully saturated rings. The molecule has 0 bridgehead atoms. The second-order valence-corrected chi connectivity index (χ2v) is 21.8. The second kappa shape index (κ2) is 4.55. The molecule has 0 amide bonds. The number of rotatable bonds is 4. The van der Waals surface area contributed by atoms with E-state index in [9.17, 15) is 0 Å². The molecule has 0 N–H and O–H groups in total. The van der Waals surface area contributed by atoms with Gasteiger partial charge in [-0.25, -0.2) is 0 Å². The lowest BCUT2D eigenvalue weighted by molar-refractivity contribution is 0.928. The predicted molar refractivity (Wildman–Crippen MR) is 80.4 cm³/mol. The summed E-state index contributed by atoms with van der Waals surface area (Å²) in [4.78, 5) is 0. The fraction of sp³-hybridized carbons (Fsp3) is 0.900. The van der Waals surface area contributed by atoms with Crippen LogP contribution in [0.15, 0.2) is 4.66 Å². The summed E-state index contributed by atoms with van der Waals surface area (Å²) in [5, 5.41) is 0. The van der Waals surface area contributed by atoms with Crippen LogP contribution in [-0.2, 0) is 0 Å². The van der Waals surface area contributed by atoms with Crippen molar-refractivity contribution in [2.24, 2.45) is 4.66 Å². The maximum atomic E-state index is 4.80. The Morgan fingerprint density at radius 1 is 0.733 bits per heavy atom. The Morgan fingerprint density at radius 3 is 1.27 bits per heavy atom. The summed E-state index contributed by atoms with van der Waals surface area (Å²) in [5.74, 6) is 0. The minimum absolute atomic E-state index is 1.25. The Hall–Kier alpha value is 0.121. The van der Waals surface area contributed by atoms with Gasteiger partial charge in [-0.05, 0) is 19.6 Å². The van der Waals surface area contributed by atoms with E-state index in [1.54, 1.807) is 0 Å². The Bertz CT molecular complexity index is 217. The van der Waals surface area contributed by atoms with Gasteiger partial charge in [0.25, 0.3) is 0 Å². The first kappa shape index (κ1) is 15.1. The van der Waals surface area contributed by atoms with Gasteiger partial charge in [-0.2, -0.15) is 0 Å². The summed E-state index contributed by atoms with van der Waals surface area (Å²) in [5.41, 5.74) is 0. The largest absolute Gasteiger partial charge is 0.417 e. The van der Waals surface area contributed by atoms with Crippen LogP contribution >= 0.6 is 0 Å². The van der Waals surface area contributed by atoms with Crippen molar-refractivity contribution >= 4 is 31.0 Å². The van der Waals surface area contributed by atoms with Gasteiger partial charge in [0.1, 0.15) is 16.5 Å². The van der Waals surface area contributed by atoms with E-state index < -0.39 is 24.7 Å². The van der Waals surface area contributed by atoms with Crippen molar-refractivity contribution in [3.63, 3.8) is 0 Å². The fourth-order valence-corrected chi connectivity index (χ4v) is 11.1. The fourth-order valence-electron chi connectivity index (χ4n) is 1.58. The van der Waals surface area contributed by atoms with Crippen LogP contribution in [0.25, 0.3) is 0 Å². The molecule has 5 heteroatoms. The average molecular weight is 261 g/mol. The van der Waals surface area contributed by atoms with E-state index in [2.05, 4.69) is 69.5 Å². The van der Waals surface area contributed by atoms with Gasteiger partial charge in [0.05, 0.1) is 6.34 Å². The third kappa shape index (κ3) is 6.32. The first-order valence-electron chi connectivity index (χ1n) is 5.69. The molecule has 0 rings (SSSR count). The van der Waals surface area contributed by atoms with Gasteiger partial charge in [0, 0.05) is 0 Å². The average Bonchev–Trinajstić information content (AvgIpc) is 1.75. The summed E-state index contributed by atoms with van der Waals surface area (Å²) in [6, 6.07) is 0. The number of hydrogen-bond acceptors (Lipinski definition) is 1. The van der Waals surface area contributed by atoms with E-state index in [0.717, 1.165) is 0 Å². The quantitative estimate of drug-likeness (QED) is 0.426. The van der Waals surface area contributed by atoms with Crippen LogP contribution in [0, 0.1) is 0 Å². The highest BCUT2D eigenvalue weighted by Gasteiger charge is 2.32. The molecule has 0 aromatic heterocycles. The molecule has 0 radical (unpaired) electrons. The lowest BCUT2D eigenvalue weighted by atomic mass is 11.4. The zero-order chi connectivity index (χ0) is 12.5. The van der Waals surface area contributed by atoms with Crippen LogP contribution in [0.1, 0.15) is 0 Å². The monoisotopic (exact) mass is 260 g/mol. The highest BCUT2D eigenvalue weighted by atomic mass is 28.4. The highest BCUT2D eigenvalue weighted by Crippen LogP contribution is 2.18. The molecule has 0 atom stereocenters. The summed E-state index contributed by atoms with van der Waals surface area (Å²) in [7, 11) is -3.81. The molecule has 0 spiro atoms. The van der Waals surface area contributed by atoms with Gasteiger partial charge in [-0.3, -0.25) is 0 Å². The van der Waals surface area contributed by atoms with Crippen LogP contribution in [0.2, 0.25) is 58.9 Å². The summed E-state index contributed by atoms with van der Waals surface area (Å²) >= 11 is 0. The SMILES string of the molecule is C[Si](C)(C)/N=C/N([Si](C)(C)C)[Si](C)(C)C. The molecule has 0 aliphatic heterocycles. The van der Waals surface area contributed by atoms with Gasteiger partial charge in [-0.15, -0.1) is 0 Å². The van der Waals surface area contributed by atoms with Gasteiger partial charge in [0.15, 0.2) is 8.24 Å². The number of hydrogen-bond donors (Lipinski definition) is 0. The predicted octanol–water partition coefficient (Wildman–Crippen LogP) is 3.82. The molecular weight excluding hydrogens is 232 g/mol. The Morgan fingerprint density at radius 2 is 1.07 bits per heavy atom. The van der Waals surface area contributed by atoms with Crippen molar-refractivity contribution in [1.29, 1.82) is 0 Å². The standard InChI is InChI=1S/C10H28N2Si3/c1-13(2,3)11-10-12(14(4,5)6)15(7,8)9/h10H,1-9H3/b11-10+.